The molecule has 164 valence electrons. The molecule has 2 aromatic carbocycles. The lowest BCUT2D eigenvalue weighted by Crippen LogP contribution is -2.17. The minimum absolute atomic E-state index is 0.00848. The molecule has 2 nitrogen and oxygen atoms in total. The normalized spacial score (nSPS) is 17.1. The van der Waals surface area contributed by atoms with Gasteiger partial charge in [0, 0.05) is 12.0 Å². The van der Waals surface area contributed by atoms with Crippen molar-refractivity contribution in [2.24, 2.45) is 5.73 Å². The maximum absolute atomic E-state index is 13.3. The van der Waals surface area contributed by atoms with Gasteiger partial charge >= 0.3 is 18.5 Å². The van der Waals surface area contributed by atoms with Crippen LogP contribution in [0.4, 0.5) is 39.5 Å². The number of hydrogen-bond donors (Lipinski definition) is 1. The molecule has 0 bridgehead atoms. The van der Waals surface area contributed by atoms with Crippen LogP contribution in [0.25, 0.3) is 11.1 Å². The number of rotatable bonds is 3. The first-order valence-corrected chi connectivity index (χ1v) is 8.61. The molecule has 30 heavy (non-hydrogen) atoms. The smallest absolute Gasteiger partial charge is 0.416 e. The van der Waals surface area contributed by atoms with Crippen molar-refractivity contribution in [2.45, 2.75) is 37.5 Å². The second-order valence-corrected chi connectivity index (χ2v) is 6.83. The van der Waals surface area contributed by atoms with Gasteiger partial charge in [0.05, 0.1) is 16.7 Å². The average Bonchev–Trinajstić information content (AvgIpc) is 3.01. The van der Waals surface area contributed by atoms with Crippen LogP contribution >= 0.6 is 0 Å². The molecule has 1 aliphatic heterocycles. The van der Waals surface area contributed by atoms with Crippen LogP contribution in [0, 0.1) is 0 Å². The van der Waals surface area contributed by atoms with Crippen LogP contribution in [0.2, 0.25) is 0 Å². The Morgan fingerprint density at radius 2 is 1.27 bits per heavy atom. The zero-order valence-corrected chi connectivity index (χ0v) is 15.0. The molecule has 0 radical (unpaired) electrons. The van der Waals surface area contributed by atoms with E-state index in [4.69, 9.17) is 10.5 Å². The topological polar surface area (TPSA) is 35.2 Å². The van der Waals surface area contributed by atoms with Gasteiger partial charge in [-0.05, 0) is 54.4 Å². The minimum atomic E-state index is -5.14. The van der Waals surface area contributed by atoms with Gasteiger partial charge in [0.1, 0.15) is 11.9 Å². The lowest BCUT2D eigenvalue weighted by Gasteiger charge is -2.18. The van der Waals surface area contributed by atoms with E-state index in [0.29, 0.717) is 18.2 Å². The Morgan fingerprint density at radius 1 is 0.767 bits per heavy atom. The minimum Gasteiger partial charge on any atom is -0.489 e. The largest absolute Gasteiger partial charge is 0.489 e. The second kappa shape index (κ2) is 7.36. The SMILES string of the molecule is NCCC1Cc2cc(C(F)(F)F)cc(-c3cc(C(F)(F)F)cc(C(F)(F)F)c3)c2O1. The van der Waals surface area contributed by atoms with Gasteiger partial charge in [-0.15, -0.1) is 0 Å². The summed E-state index contributed by atoms with van der Waals surface area (Å²) < 4.78 is 124. The molecule has 2 N–H and O–H groups in total. The first-order chi connectivity index (χ1) is 13.7. The number of fused-ring (bicyclic) bond motifs is 1. The fourth-order valence-corrected chi connectivity index (χ4v) is 3.27. The summed E-state index contributed by atoms with van der Waals surface area (Å²) in [4.78, 5) is 0. The van der Waals surface area contributed by atoms with Gasteiger partial charge in [0.2, 0.25) is 0 Å². The van der Waals surface area contributed by atoms with E-state index in [2.05, 4.69) is 0 Å². The molecule has 0 saturated heterocycles. The number of hydrogen-bond acceptors (Lipinski definition) is 2. The Labute approximate surface area is 164 Å². The first-order valence-electron chi connectivity index (χ1n) is 8.61. The maximum Gasteiger partial charge on any atom is 0.416 e. The molecule has 0 fully saturated rings. The molecule has 1 heterocycles. The number of ether oxygens (including phenoxy) is 1. The van der Waals surface area contributed by atoms with E-state index in [1.54, 1.807) is 0 Å². The zero-order valence-electron chi connectivity index (χ0n) is 15.0. The highest BCUT2D eigenvalue weighted by atomic mass is 19.4. The van der Waals surface area contributed by atoms with Crippen LogP contribution in [0.5, 0.6) is 5.75 Å². The second-order valence-electron chi connectivity index (χ2n) is 6.83. The summed E-state index contributed by atoms with van der Waals surface area (Å²) in [6.07, 6.45) is -15.5. The number of halogens is 9. The summed E-state index contributed by atoms with van der Waals surface area (Å²) in [6.45, 7) is 0.141. The standard InChI is InChI=1S/C19H14F9NO/c20-17(21,22)11-3-9(4-12(7-11)18(23,24)25)15-8-13(19(26,27)28)5-10-6-14(1-2-29)30-16(10)15/h3-5,7-8,14H,1-2,6,29H2. The van der Waals surface area contributed by atoms with Crippen molar-refractivity contribution in [3.63, 3.8) is 0 Å². The van der Waals surface area contributed by atoms with Crippen LogP contribution in [0.3, 0.4) is 0 Å². The summed E-state index contributed by atoms with van der Waals surface area (Å²) in [5.41, 5.74) is -0.155. The van der Waals surface area contributed by atoms with Gasteiger partial charge in [0.15, 0.2) is 0 Å². The lowest BCUT2D eigenvalue weighted by molar-refractivity contribution is -0.143. The third-order valence-electron chi connectivity index (χ3n) is 4.61. The molecular weight excluding hydrogens is 429 g/mol. The molecule has 0 aromatic heterocycles. The Hall–Kier alpha value is -2.43. The highest BCUT2D eigenvalue weighted by Gasteiger charge is 2.39. The lowest BCUT2D eigenvalue weighted by atomic mass is 9.94. The number of benzene rings is 2. The fraction of sp³-hybridized carbons (Fsp3) is 0.368. The van der Waals surface area contributed by atoms with Crippen molar-refractivity contribution in [3.8, 4) is 16.9 Å². The molecule has 1 atom stereocenters. The molecule has 2 aromatic rings. The van der Waals surface area contributed by atoms with E-state index in [1.165, 1.54) is 0 Å². The van der Waals surface area contributed by atoms with E-state index in [0.717, 1.165) is 6.07 Å². The van der Waals surface area contributed by atoms with Crippen molar-refractivity contribution >= 4 is 0 Å². The average molecular weight is 443 g/mol. The predicted molar refractivity (Wildman–Crippen MR) is 88.7 cm³/mol. The van der Waals surface area contributed by atoms with Gasteiger partial charge < -0.3 is 10.5 Å². The molecule has 11 heteroatoms. The van der Waals surface area contributed by atoms with E-state index in [9.17, 15) is 39.5 Å². The van der Waals surface area contributed by atoms with Crippen molar-refractivity contribution in [1.82, 2.24) is 0 Å². The zero-order chi connectivity index (χ0) is 22.5. The summed E-state index contributed by atoms with van der Waals surface area (Å²) in [5, 5.41) is 0. The van der Waals surface area contributed by atoms with Crippen LogP contribution in [0.1, 0.15) is 28.7 Å². The van der Waals surface area contributed by atoms with Crippen LogP contribution in [0.15, 0.2) is 30.3 Å². The van der Waals surface area contributed by atoms with Gasteiger partial charge in [-0.2, -0.15) is 39.5 Å². The Balaban J connectivity index is 2.26. The molecule has 3 rings (SSSR count). The summed E-state index contributed by atoms with van der Waals surface area (Å²) in [5.74, 6) is -0.172. The van der Waals surface area contributed by atoms with Gasteiger partial charge in [-0.1, -0.05) is 0 Å². The number of alkyl halides is 9. The van der Waals surface area contributed by atoms with E-state index < -0.39 is 52.5 Å². The molecule has 0 saturated carbocycles. The van der Waals surface area contributed by atoms with E-state index in [-0.39, 0.29) is 36.8 Å². The molecule has 0 aliphatic carbocycles. The van der Waals surface area contributed by atoms with Crippen molar-refractivity contribution in [2.75, 3.05) is 6.54 Å². The monoisotopic (exact) mass is 443 g/mol. The molecule has 0 amide bonds. The first kappa shape index (κ1) is 22.3. The summed E-state index contributed by atoms with van der Waals surface area (Å²) >= 11 is 0. The molecule has 1 aliphatic rings. The summed E-state index contributed by atoms with van der Waals surface area (Å²) in [6, 6.07) is 1.96. The molecular formula is C19H14F9NO. The fourth-order valence-electron chi connectivity index (χ4n) is 3.27. The van der Waals surface area contributed by atoms with Crippen LogP contribution in [-0.2, 0) is 24.9 Å². The van der Waals surface area contributed by atoms with Crippen molar-refractivity contribution < 1.29 is 44.3 Å². The van der Waals surface area contributed by atoms with Gasteiger partial charge in [-0.25, -0.2) is 0 Å². The number of nitrogens with two attached hydrogens (primary N) is 1. The quantitative estimate of drug-likeness (QED) is 0.586. The third-order valence-corrected chi connectivity index (χ3v) is 4.61. The van der Waals surface area contributed by atoms with Crippen molar-refractivity contribution in [3.05, 3.63) is 52.6 Å². The highest BCUT2D eigenvalue weighted by Crippen LogP contribution is 2.46. The van der Waals surface area contributed by atoms with Crippen molar-refractivity contribution in [1.29, 1.82) is 0 Å². The van der Waals surface area contributed by atoms with E-state index >= 15 is 0 Å². The molecule has 1 unspecified atom stereocenters. The summed E-state index contributed by atoms with van der Waals surface area (Å²) in [7, 11) is 0. The highest BCUT2D eigenvalue weighted by molar-refractivity contribution is 5.75. The van der Waals surface area contributed by atoms with Crippen LogP contribution in [-0.4, -0.2) is 12.6 Å². The third kappa shape index (κ3) is 4.50. The van der Waals surface area contributed by atoms with Crippen LogP contribution < -0.4 is 10.5 Å². The van der Waals surface area contributed by atoms with E-state index in [1.807, 2.05) is 0 Å². The van der Waals surface area contributed by atoms with Gasteiger partial charge in [-0.3, -0.25) is 0 Å². The molecule has 0 spiro atoms. The Bertz CT molecular complexity index is 912. The Morgan fingerprint density at radius 3 is 1.73 bits per heavy atom. The maximum atomic E-state index is 13.3. The predicted octanol–water partition coefficient (Wildman–Crippen LogP) is 6.06. The van der Waals surface area contributed by atoms with Gasteiger partial charge in [0.25, 0.3) is 0 Å². The Kier molecular flexibility index (Phi) is 5.46.